The zero-order chi connectivity index (χ0) is 14.5. The summed E-state index contributed by atoms with van der Waals surface area (Å²) in [5.74, 6) is -0.926. The number of carbonyl (C=O) groups excluding carboxylic acids is 1. The summed E-state index contributed by atoms with van der Waals surface area (Å²) < 4.78 is 0. The van der Waals surface area contributed by atoms with E-state index in [9.17, 15) is 9.59 Å². The Balaban J connectivity index is 2.04. The lowest BCUT2D eigenvalue weighted by molar-refractivity contribution is -0.141. The second-order valence-electron chi connectivity index (χ2n) is 5.01. The summed E-state index contributed by atoms with van der Waals surface area (Å²) in [4.78, 5) is 24.8. The second kappa shape index (κ2) is 6.41. The highest BCUT2D eigenvalue weighted by atomic mass is 16.4. The van der Waals surface area contributed by atoms with Crippen molar-refractivity contribution in [2.75, 3.05) is 6.54 Å². The average Bonchev–Trinajstić information content (AvgIpc) is 2.95. The van der Waals surface area contributed by atoms with E-state index < -0.39 is 12.0 Å². The van der Waals surface area contributed by atoms with E-state index in [0.717, 1.165) is 18.4 Å². The Morgan fingerprint density at radius 3 is 2.70 bits per heavy atom. The van der Waals surface area contributed by atoms with Crippen molar-refractivity contribution in [3.63, 3.8) is 0 Å². The fraction of sp³-hybridized carbons (Fsp3) is 0.467. The largest absolute Gasteiger partial charge is 0.480 e. The van der Waals surface area contributed by atoms with Crippen LogP contribution in [0.4, 0.5) is 4.79 Å². The van der Waals surface area contributed by atoms with Crippen LogP contribution < -0.4 is 5.32 Å². The van der Waals surface area contributed by atoms with E-state index in [4.69, 9.17) is 5.11 Å². The van der Waals surface area contributed by atoms with E-state index in [1.807, 2.05) is 37.3 Å². The van der Waals surface area contributed by atoms with E-state index >= 15 is 0 Å². The van der Waals surface area contributed by atoms with Crippen LogP contribution >= 0.6 is 0 Å². The fourth-order valence-corrected chi connectivity index (χ4v) is 2.60. The van der Waals surface area contributed by atoms with Crippen LogP contribution in [0, 0.1) is 0 Å². The molecule has 2 atom stereocenters. The second-order valence-corrected chi connectivity index (χ2v) is 5.01. The summed E-state index contributed by atoms with van der Waals surface area (Å²) in [6, 6.07) is 8.66. The van der Waals surface area contributed by atoms with Crippen LogP contribution in [0.15, 0.2) is 30.3 Å². The summed E-state index contributed by atoms with van der Waals surface area (Å²) in [5.41, 5.74) is 1.04. The van der Waals surface area contributed by atoms with Gasteiger partial charge < -0.3 is 15.3 Å². The highest BCUT2D eigenvalue weighted by Crippen LogP contribution is 2.20. The smallest absolute Gasteiger partial charge is 0.326 e. The molecule has 0 aliphatic carbocycles. The third kappa shape index (κ3) is 3.10. The number of benzene rings is 1. The molecule has 1 aliphatic heterocycles. The third-order valence-corrected chi connectivity index (χ3v) is 3.71. The Bertz CT molecular complexity index is 475. The molecule has 0 saturated carbocycles. The van der Waals surface area contributed by atoms with E-state index in [0.29, 0.717) is 13.0 Å². The number of nitrogens with one attached hydrogen (secondary N) is 1. The molecule has 2 unspecified atom stereocenters. The lowest BCUT2D eigenvalue weighted by Crippen LogP contribution is -2.46. The molecule has 2 rings (SSSR count). The predicted octanol–water partition coefficient (Wildman–Crippen LogP) is 2.40. The number of amides is 2. The van der Waals surface area contributed by atoms with Gasteiger partial charge in [-0.2, -0.15) is 0 Å². The number of hydrogen-bond acceptors (Lipinski definition) is 2. The summed E-state index contributed by atoms with van der Waals surface area (Å²) in [5, 5.41) is 12.1. The maximum atomic E-state index is 12.3. The molecule has 0 aromatic heterocycles. The van der Waals surface area contributed by atoms with E-state index in [1.165, 1.54) is 4.90 Å². The summed E-state index contributed by atoms with van der Waals surface area (Å²) >= 11 is 0. The van der Waals surface area contributed by atoms with Crippen LogP contribution in [0.25, 0.3) is 0 Å². The van der Waals surface area contributed by atoms with Crippen LogP contribution in [0.2, 0.25) is 0 Å². The third-order valence-electron chi connectivity index (χ3n) is 3.71. The molecule has 20 heavy (non-hydrogen) atoms. The molecular weight excluding hydrogens is 256 g/mol. The van der Waals surface area contributed by atoms with E-state index in [2.05, 4.69) is 5.32 Å². The topological polar surface area (TPSA) is 69.6 Å². The minimum absolute atomic E-state index is 0.0845. The Labute approximate surface area is 118 Å². The average molecular weight is 276 g/mol. The molecule has 1 heterocycles. The normalized spacial score (nSPS) is 19.6. The number of carboxylic acid groups (broad SMARTS) is 1. The van der Waals surface area contributed by atoms with Gasteiger partial charge in [0.05, 0.1) is 6.04 Å². The molecule has 1 saturated heterocycles. The summed E-state index contributed by atoms with van der Waals surface area (Å²) in [6.45, 7) is 2.50. The Morgan fingerprint density at radius 2 is 2.10 bits per heavy atom. The first-order chi connectivity index (χ1) is 9.63. The maximum absolute atomic E-state index is 12.3. The first kappa shape index (κ1) is 14.4. The molecule has 5 heteroatoms. The molecule has 0 spiro atoms. The van der Waals surface area contributed by atoms with E-state index in [-0.39, 0.29) is 12.1 Å². The minimum Gasteiger partial charge on any atom is -0.480 e. The van der Waals surface area contributed by atoms with Gasteiger partial charge in [-0.1, -0.05) is 37.3 Å². The number of carboxylic acids is 1. The van der Waals surface area contributed by atoms with Gasteiger partial charge in [-0.05, 0) is 24.8 Å². The van der Waals surface area contributed by atoms with Gasteiger partial charge in [-0.15, -0.1) is 0 Å². The maximum Gasteiger partial charge on any atom is 0.326 e. The Morgan fingerprint density at radius 1 is 1.40 bits per heavy atom. The van der Waals surface area contributed by atoms with Gasteiger partial charge in [-0.25, -0.2) is 9.59 Å². The van der Waals surface area contributed by atoms with E-state index in [1.54, 1.807) is 0 Å². The number of carbonyl (C=O) groups is 2. The summed E-state index contributed by atoms with van der Waals surface area (Å²) in [6.07, 6.45) is 2.04. The first-order valence-electron chi connectivity index (χ1n) is 6.98. The highest BCUT2D eigenvalue weighted by Gasteiger charge is 2.34. The zero-order valence-corrected chi connectivity index (χ0v) is 11.6. The monoisotopic (exact) mass is 276 g/mol. The minimum atomic E-state index is -0.926. The molecule has 1 aromatic carbocycles. The molecule has 2 N–H and O–H groups in total. The van der Waals surface area contributed by atoms with Gasteiger partial charge >= 0.3 is 12.0 Å². The van der Waals surface area contributed by atoms with Crippen molar-refractivity contribution < 1.29 is 14.7 Å². The number of rotatable bonds is 4. The zero-order valence-electron chi connectivity index (χ0n) is 11.6. The van der Waals surface area contributed by atoms with Crippen molar-refractivity contribution >= 4 is 12.0 Å². The van der Waals surface area contributed by atoms with Gasteiger partial charge in [0.1, 0.15) is 6.04 Å². The lowest BCUT2D eigenvalue weighted by atomic mass is 10.1. The SMILES string of the molecule is CCC(NC(=O)N1CCCC1C(=O)O)c1ccccc1. The van der Waals surface area contributed by atoms with Crippen LogP contribution in [-0.4, -0.2) is 34.6 Å². The lowest BCUT2D eigenvalue weighted by Gasteiger charge is -2.25. The van der Waals surface area contributed by atoms with Gasteiger partial charge in [-0.3, -0.25) is 0 Å². The van der Waals surface area contributed by atoms with Crippen LogP contribution in [-0.2, 0) is 4.79 Å². The predicted molar refractivity (Wildman–Crippen MR) is 75.4 cm³/mol. The number of urea groups is 1. The van der Waals surface area contributed by atoms with Crippen molar-refractivity contribution in [1.29, 1.82) is 0 Å². The molecule has 2 amide bonds. The molecule has 108 valence electrons. The standard InChI is InChI=1S/C15H20N2O3/c1-2-12(11-7-4-3-5-8-11)16-15(20)17-10-6-9-13(17)14(18)19/h3-5,7-8,12-13H,2,6,9-10H2,1H3,(H,16,20)(H,18,19). The molecule has 1 fully saturated rings. The molecular formula is C15H20N2O3. The van der Waals surface area contributed by atoms with Crippen molar-refractivity contribution in [2.24, 2.45) is 0 Å². The van der Waals surface area contributed by atoms with Gasteiger partial charge in [0.15, 0.2) is 0 Å². The summed E-state index contributed by atoms with van der Waals surface area (Å²) in [7, 11) is 0. The molecule has 1 aliphatic rings. The number of nitrogens with zero attached hydrogens (tertiary/aromatic N) is 1. The first-order valence-corrected chi connectivity index (χ1v) is 6.98. The molecule has 1 aromatic rings. The molecule has 5 nitrogen and oxygen atoms in total. The van der Waals surface area contributed by atoms with Crippen molar-refractivity contribution in [3.05, 3.63) is 35.9 Å². The molecule has 0 radical (unpaired) electrons. The highest BCUT2D eigenvalue weighted by molar-refractivity contribution is 5.83. The van der Waals surface area contributed by atoms with Gasteiger partial charge in [0.25, 0.3) is 0 Å². The number of aliphatic carboxylic acids is 1. The van der Waals surface area contributed by atoms with Gasteiger partial charge in [0, 0.05) is 6.54 Å². The fourth-order valence-electron chi connectivity index (χ4n) is 2.60. The quantitative estimate of drug-likeness (QED) is 0.887. The Kier molecular flexibility index (Phi) is 4.61. The Hall–Kier alpha value is -2.04. The van der Waals surface area contributed by atoms with Crippen LogP contribution in [0.1, 0.15) is 37.8 Å². The number of likely N-dealkylation sites (tertiary alicyclic amines) is 1. The van der Waals surface area contributed by atoms with Crippen molar-refractivity contribution in [2.45, 2.75) is 38.3 Å². The molecule has 0 bridgehead atoms. The van der Waals surface area contributed by atoms with Crippen molar-refractivity contribution in [1.82, 2.24) is 10.2 Å². The van der Waals surface area contributed by atoms with Gasteiger partial charge in [0.2, 0.25) is 0 Å². The van der Waals surface area contributed by atoms with Crippen LogP contribution in [0.5, 0.6) is 0 Å². The van der Waals surface area contributed by atoms with Crippen molar-refractivity contribution in [3.8, 4) is 0 Å². The van der Waals surface area contributed by atoms with Crippen LogP contribution in [0.3, 0.4) is 0 Å². The number of hydrogen-bond donors (Lipinski definition) is 2.